The van der Waals surface area contributed by atoms with Gasteiger partial charge in [0.1, 0.15) is 0 Å². The van der Waals surface area contributed by atoms with Crippen LogP contribution in [0, 0.1) is 13.8 Å². The van der Waals surface area contributed by atoms with E-state index in [-0.39, 0.29) is 0 Å². The third-order valence-corrected chi connectivity index (χ3v) is 12.0. The Hall–Kier alpha value is -6.12. The van der Waals surface area contributed by atoms with Crippen molar-refractivity contribution < 1.29 is 0 Å². The van der Waals surface area contributed by atoms with Gasteiger partial charge in [0.2, 0.25) is 0 Å². The van der Waals surface area contributed by atoms with Gasteiger partial charge in [0.05, 0.1) is 16.6 Å². The molecule has 2 atom stereocenters. The summed E-state index contributed by atoms with van der Waals surface area (Å²) in [5.74, 6) is 0.814. The maximum Gasteiger partial charge on any atom is 0.0541 e. The highest BCUT2D eigenvalue weighted by atomic mass is 15.0. The van der Waals surface area contributed by atoms with Crippen LogP contribution in [0.1, 0.15) is 53.1 Å². The molecule has 0 saturated heterocycles. The SMILES string of the molecule is Cc1ccccc1-c1cc(-c2ccccc2C)cc(-n2c3c(c4ccccc42)C(C)C(c2ccc(-n4c5ccccc5c5ccccc54)cc2)CC3)c1. The summed E-state index contributed by atoms with van der Waals surface area (Å²) in [4.78, 5) is 0. The van der Waals surface area contributed by atoms with E-state index in [1.807, 2.05) is 0 Å². The summed E-state index contributed by atoms with van der Waals surface area (Å²) in [6.45, 7) is 6.90. The first-order valence-electron chi connectivity index (χ1n) is 19.0. The molecule has 9 aromatic rings. The molecule has 10 rings (SSSR count). The van der Waals surface area contributed by atoms with Gasteiger partial charge in [0.25, 0.3) is 0 Å². The summed E-state index contributed by atoms with van der Waals surface area (Å²) in [6, 6.07) is 60.9. The van der Waals surface area contributed by atoms with E-state index in [4.69, 9.17) is 0 Å². The fraction of sp³-hybridized carbons (Fsp3) is 0.137. The molecule has 2 unspecified atom stereocenters. The summed E-state index contributed by atoms with van der Waals surface area (Å²) in [7, 11) is 0. The van der Waals surface area contributed by atoms with Gasteiger partial charge in [-0.2, -0.15) is 0 Å². The molecule has 1 aliphatic carbocycles. The zero-order valence-electron chi connectivity index (χ0n) is 30.6. The van der Waals surface area contributed by atoms with E-state index in [9.17, 15) is 0 Å². The minimum atomic E-state index is 0.374. The Balaban J connectivity index is 1.08. The smallest absolute Gasteiger partial charge is 0.0541 e. The molecular formula is C51H42N2. The topological polar surface area (TPSA) is 9.86 Å². The lowest BCUT2D eigenvalue weighted by atomic mass is 9.74. The number of hydrogen-bond donors (Lipinski definition) is 0. The van der Waals surface area contributed by atoms with E-state index in [1.165, 1.54) is 94.3 Å². The maximum absolute atomic E-state index is 2.59. The molecule has 0 aliphatic heterocycles. The number of nitrogens with zero attached hydrogens (tertiary/aromatic N) is 2. The van der Waals surface area contributed by atoms with Crippen LogP contribution >= 0.6 is 0 Å². The van der Waals surface area contributed by atoms with Gasteiger partial charge >= 0.3 is 0 Å². The summed E-state index contributed by atoms with van der Waals surface area (Å²) < 4.78 is 5.01. The summed E-state index contributed by atoms with van der Waals surface area (Å²) in [5, 5.41) is 3.97. The second-order valence-corrected chi connectivity index (χ2v) is 15.0. The minimum Gasteiger partial charge on any atom is -0.313 e. The van der Waals surface area contributed by atoms with E-state index in [0.717, 1.165) is 12.8 Å². The van der Waals surface area contributed by atoms with Gasteiger partial charge in [-0.1, -0.05) is 122 Å². The Morgan fingerprint density at radius 2 is 0.962 bits per heavy atom. The molecule has 2 heteroatoms. The zero-order chi connectivity index (χ0) is 35.6. The van der Waals surface area contributed by atoms with Gasteiger partial charge in [-0.3, -0.25) is 0 Å². The van der Waals surface area contributed by atoms with Crippen molar-refractivity contribution in [3.8, 4) is 33.6 Å². The molecular weight excluding hydrogens is 641 g/mol. The Morgan fingerprint density at radius 1 is 0.472 bits per heavy atom. The van der Waals surface area contributed by atoms with Crippen LogP contribution in [0.4, 0.5) is 0 Å². The first-order valence-corrected chi connectivity index (χ1v) is 19.0. The molecule has 0 amide bonds. The monoisotopic (exact) mass is 682 g/mol. The first kappa shape index (κ1) is 31.6. The van der Waals surface area contributed by atoms with Crippen LogP contribution in [-0.4, -0.2) is 9.13 Å². The number of aryl methyl sites for hydroxylation is 2. The van der Waals surface area contributed by atoms with Crippen LogP contribution in [0.2, 0.25) is 0 Å². The number of aromatic nitrogens is 2. The molecule has 0 fully saturated rings. The van der Waals surface area contributed by atoms with Gasteiger partial charge in [0.15, 0.2) is 0 Å². The Morgan fingerprint density at radius 3 is 1.53 bits per heavy atom. The number of benzene rings is 7. The van der Waals surface area contributed by atoms with Crippen LogP contribution in [0.3, 0.4) is 0 Å². The van der Waals surface area contributed by atoms with Crippen LogP contribution in [0.5, 0.6) is 0 Å². The van der Waals surface area contributed by atoms with Crippen molar-refractivity contribution in [2.45, 2.75) is 45.4 Å². The van der Waals surface area contributed by atoms with Gasteiger partial charge in [-0.05, 0) is 132 Å². The van der Waals surface area contributed by atoms with E-state index in [0.29, 0.717) is 11.8 Å². The molecule has 1 aliphatic rings. The quantitative estimate of drug-likeness (QED) is 0.171. The fourth-order valence-electron chi connectivity index (χ4n) is 9.48. The molecule has 0 radical (unpaired) electrons. The van der Waals surface area contributed by atoms with Crippen molar-refractivity contribution in [3.63, 3.8) is 0 Å². The predicted molar refractivity (Wildman–Crippen MR) is 224 cm³/mol. The highest BCUT2D eigenvalue weighted by molar-refractivity contribution is 6.09. The van der Waals surface area contributed by atoms with Crippen molar-refractivity contribution in [1.29, 1.82) is 0 Å². The van der Waals surface area contributed by atoms with Crippen LogP contribution in [-0.2, 0) is 6.42 Å². The molecule has 7 aromatic carbocycles. The normalized spacial score (nSPS) is 15.7. The molecule has 0 bridgehead atoms. The lowest BCUT2D eigenvalue weighted by Gasteiger charge is -2.31. The second kappa shape index (κ2) is 12.5. The standard InChI is InChI=1S/C51H42N2/c1-33-14-4-6-16-41(33)37-30-38(42-17-7-5-15-34(42)2)32-40(31-37)53-49-23-13-10-20-46(49)51-35(3)43(28-29-50(51)53)36-24-26-39(27-25-36)52-47-21-11-8-18-44(47)45-19-9-12-22-48(45)52/h4-27,30-32,35,43H,28-29H2,1-3H3. The number of para-hydroxylation sites is 3. The molecule has 0 N–H and O–H groups in total. The molecule has 0 spiro atoms. The van der Waals surface area contributed by atoms with Crippen molar-refractivity contribution in [2.24, 2.45) is 0 Å². The highest BCUT2D eigenvalue weighted by Gasteiger charge is 2.33. The molecule has 0 saturated carbocycles. The summed E-state index contributed by atoms with van der Waals surface area (Å²) >= 11 is 0. The largest absolute Gasteiger partial charge is 0.313 e. The Labute approximate surface area is 311 Å². The third kappa shape index (κ3) is 5.08. The van der Waals surface area contributed by atoms with Gasteiger partial charge in [-0.15, -0.1) is 0 Å². The number of fused-ring (bicyclic) bond motifs is 6. The van der Waals surface area contributed by atoms with Gasteiger partial charge < -0.3 is 9.13 Å². The second-order valence-electron chi connectivity index (χ2n) is 15.0. The van der Waals surface area contributed by atoms with E-state index in [2.05, 4.69) is 194 Å². The van der Waals surface area contributed by atoms with Gasteiger partial charge in [0, 0.05) is 33.2 Å². The summed E-state index contributed by atoms with van der Waals surface area (Å²) in [5.41, 5.74) is 18.3. The number of hydrogen-bond acceptors (Lipinski definition) is 0. The van der Waals surface area contributed by atoms with Gasteiger partial charge in [-0.25, -0.2) is 0 Å². The minimum absolute atomic E-state index is 0.374. The molecule has 2 aromatic heterocycles. The predicted octanol–water partition coefficient (Wildman–Crippen LogP) is 13.5. The molecule has 53 heavy (non-hydrogen) atoms. The molecule has 2 heterocycles. The lowest BCUT2D eigenvalue weighted by molar-refractivity contribution is 0.497. The van der Waals surface area contributed by atoms with Crippen LogP contribution in [0.15, 0.2) is 164 Å². The fourth-order valence-corrected chi connectivity index (χ4v) is 9.48. The summed E-state index contributed by atoms with van der Waals surface area (Å²) in [6.07, 6.45) is 2.14. The Bertz CT molecular complexity index is 2710. The molecule has 2 nitrogen and oxygen atoms in total. The Kier molecular flexibility index (Phi) is 7.47. The van der Waals surface area contributed by atoms with Crippen molar-refractivity contribution in [1.82, 2.24) is 9.13 Å². The maximum atomic E-state index is 2.59. The average molecular weight is 683 g/mol. The van der Waals surface area contributed by atoms with Crippen LogP contribution < -0.4 is 0 Å². The molecule has 256 valence electrons. The van der Waals surface area contributed by atoms with Crippen molar-refractivity contribution >= 4 is 32.7 Å². The van der Waals surface area contributed by atoms with Crippen LogP contribution in [0.25, 0.3) is 66.3 Å². The average Bonchev–Trinajstić information content (AvgIpc) is 3.72. The van der Waals surface area contributed by atoms with Crippen molar-refractivity contribution in [2.75, 3.05) is 0 Å². The van der Waals surface area contributed by atoms with E-state index < -0.39 is 0 Å². The lowest BCUT2D eigenvalue weighted by Crippen LogP contribution is -2.18. The highest BCUT2D eigenvalue weighted by Crippen LogP contribution is 2.48. The van der Waals surface area contributed by atoms with Crippen molar-refractivity contribution in [3.05, 3.63) is 192 Å². The number of rotatable bonds is 5. The third-order valence-electron chi connectivity index (χ3n) is 12.0. The first-order chi connectivity index (χ1) is 26.0. The van der Waals surface area contributed by atoms with E-state index in [1.54, 1.807) is 0 Å². The zero-order valence-corrected chi connectivity index (χ0v) is 30.6. The van der Waals surface area contributed by atoms with E-state index >= 15 is 0 Å².